The molecule has 1 aliphatic heterocycles. The van der Waals surface area contributed by atoms with Crippen molar-refractivity contribution in [1.29, 1.82) is 0 Å². The third-order valence-corrected chi connectivity index (χ3v) is 5.15. The molecule has 0 N–H and O–H groups in total. The Hall–Kier alpha value is -2.28. The van der Waals surface area contributed by atoms with E-state index in [0.29, 0.717) is 13.0 Å². The summed E-state index contributed by atoms with van der Waals surface area (Å²) in [4.78, 5) is 14.9. The monoisotopic (exact) mass is 357 g/mol. The van der Waals surface area contributed by atoms with Crippen molar-refractivity contribution in [3.8, 4) is 0 Å². The van der Waals surface area contributed by atoms with Crippen molar-refractivity contribution in [3.05, 3.63) is 41.2 Å². The van der Waals surface area contributed by atoms with Crippen LogP contribution in [0.25, 0.3) is 0 Å². The Morgan fingerprint density at radius 3 is 2.69 bits per heavy atom. The van der Waals surface area contributed by atoms with Crippen LogP contribution in [0.5, 0.6) is 0 Å². The molecular weight excluding hydrogens is 330 g/mol. The first kappa shape index (κ1) is 18.5. The zero-order valence-electron chi connectivity index (χ0n) is 15.8. The highest BCUT2D eigenvalue weighted by atomic mass is 16.5. The van der Waals surface area contributed by atoms with Gasteiger partial charge in [0, 0.05) is 20.1 Å². The first-order valence-electron chi connectivity index (χ1n) is 9.19. The van der Waals surface area contributed by atoms with Crippen LogP contribution in [0, 0.1) is 13.8 Å². The number of carbonyl (C=O) groups is 1. The number of methoxy groups -OCH3 is 1. The van der Waals surface area contributed by atoms with E-state index in [1.807, 2.05) is 11.8 Å². The maximum atomic E-state index is 12.9. The van der Waals surface area contributed by atoms with E-state index in [9.17, 15) is 4.79 Å². The Kier molecular flexibility index (Phi) is 5.98. The van der Waals surface area contributed by atoms with Crippen LogP contribution in [0.1, 0.15) is 36.2 Å². The lowest BCUT2D eigenvalue weighted by atomic mass is 9.92. The van der Waals surface area contributed by atoms with Crippen molar-refractivity contribution in [1.82, 2.24) is 25.1 Å². The van der Waals surface area contributed by atoms with Crippen LogP contribution in [-0.4, -0.2) is 56.8 Å². The lowest BCUT2D eigenvalue weighted by molar-refractivity contribution is -0.140. The van der Waals surface area contributed by atoms with E-state index in [1.54, 1.807) is 11.8 Å². The van der Waals surface area contributed by atoms with Crippen molar-refractivity contribution in [2.45, 2.75) is 58.2 Å². The predicted molar refractivity (Wildman–Crippen MR) is 97.6 cm³/mol. The number of ether oxygens (including phenoxy) is 1. The van der Waals surface area contributed by atoms with E-state index in [-0.39, 0.29) is 18.1 Å². The Morgan fingerprint density at radius 1 is 1.27 bits per heavy atom. The molecule has 3 rings (SSSR count). The van der Waals surface area contributed by atoms with Crippen molar-refractivity contribution >= 4 is 5.91 Å². The Labute approximate surface area is 154 Å². The average Bonchev–Trinajstić information content (AvgIpc) is 3.06. The number of likely N-dealkylation sites (tertiary alicyclic amines) is 1. The number of carbonyl (C=O) groups excluding carboxylic acids is 1. The number of aryl methyl sites for hydroxylation is 3. The van der Waals surface area contributed by atoms with E-state index >= 15 is 0 Å². The van der Waals surface area contributed by atoms with Gasteiger partial charge in [-0.2, -0.15) is 0 Å². The number of piperidine rings is 1. The molecule has 140 valence electrons. The van der Waals surface area contributed by atoms with Gasteiger partial charge in [-0.05, 0) is 49.1 Å². The summed E-state index contributed by atoms with van der Waals surface area (Å²) in [6, 6.07) is 8.59. The van der Waals surface area contributed by atoms with Crippen LogP contribution in [-0.2, 0) is 22.5 Å². The molecule has 1 saturated heterocycles. The number of rotatable bonds is 6. The third-order valence-electron chi connectivity index (χ3n) is 5.15. The Balaban J connectivity index is 1.70. The van der Waals surface area contributed by atoms with Gasteiger partial charge in [0.25, 0.3) is 0 Å². The first-order valence-corrected chi connectivity index (χ1v) is 9.19. The number of hydrogen-bond acceptors (Lipinski definition) is 5. The summed E-state index contributed by atoms with van der Waals surface area (Å²) in [5.74, 6) is 0.862. The number of nitrogens with zero attached hydrogens (tertiary/aromatic N) is 5. The van der Waals surface area contributed by atoms with E-state index in [4.69, 9.17) is 4.74 Å². The van der Waals surface area contributed by atoms with Crippen LogP contribution in [0.3, 0.4) is 0 Å². The van der Waals surface area contributed by atoms with E-state index in [1.165, 1.54) is 11.1 Å². The fourth-order valence-electron chi connectivity index (χ4n) is 3.61. The van der Waals surface area contributed by atoms with Gasteiger partial charge >= 0.3 is 0 Å². The van der Waals surface area contributed by atoms with Gasteiger partial charge < -0.3 is 9.64 Å². The number of benzene rings is 1. The minimum atomic E-state index is 0.0684. The molecule has 0 radical (unpaired) electrons. The summed E-state index contributed by atoms with van der Waals surface area (Å²) >= 11 is 0. The zero-order chi connectivity index (χ0) is 18.5. The van der Waals surface area contributed by atoms with Crippen LogP contribution in [0.4, 0.5) is 0 Å². The quantitative estimate of drug-likeness (QED) is 0.790. The molecule has 7 heteroatoms. The lowest BCUT2D eigenvalue weighted by Crippen LogP contribution is -2.52. The molecule has 0 bridgehead atoms. The van der Waals surface area contributed by atoms with Gasteiger partial charge in [0.05, 0.1) is 18.7 Å². The van der Waals surface area contributed by atoms with Crippen molar-refractivity contribution in [2.24, 2.45) is 0 Å². The largest absolute Gasteiger partial charge is 0.379 e. The van der Waals surface area contributed by atoms with E-state index in [2.05, 4.69) is 46.7 Å². The van der Waals surface area contributed by atoms with Crippen LogP contribution >= 0.6 is 0 Å². The SMILES string of the molecule is CO[C@H]1CCCN(C(=O)CCn2nnnc2C)[C@H]1Cc1ccc(C)cc1. The normalized spacial score (nSPS) is 20.3. The van der Waals surface area contributed by atoms with Gasteiger partial charge in [-0.15, -0.1) is 5.10 Å². The van der Waals surface area contributed by atoms with Crippen molar-refractivity contribution < 1.29 is 9.53 Å². The fraction of sp³-hybridized carbons (Fsp3) is 0.579. The molecule has 1 aromatic heterocycles. The molecule has 2 aromatic rings. The molecule has 7 nitrogen and oxygen atoms in total. The highest BCUT2D eigenvalue weighted by molar-refractivity contribution is 5.76. The Bertz CT molecular complexity index is 728. The van der Waals surface area contributed by atoms with Gasteiger partial charge in [-0.3, -0.25) is 4.79 Å². The van der Waals surface area contributed by atoms with Crippen LogP contribution in [0.15, 0.2) is 24.3 Å². The zero-order valence-corrected chi connectivity index (χ0v) is 15.8. The molecule has 26 heavy (non-hydrogen) atoms. The van der Waals surface area contributed by atoms with Crippen LogP contribution < -0.4 is 0 Å². The minimum absolute atomic E-state index is 0.0684. The maximum absolute atomic E-state index is 12.9. The highest BCUT2D eigenvalue weighted by Crippen LogP contribution is 2.24. The van der Waals surface area contributed by atoms with Gasteiger partial charge in [0.1, 0.15) is 5.82 Å². The smallest absolute Gasteiger partial charge is 0.224 e. The molecule has 1 amide bonds. The molecule has 1 aliphatic rings. The molecular formula is C19H27N5O2. The van der Waals surface area contributed by atoms with Gasteiger partial charge in [0.15, 0.2) is 0 Å². The Morgan fingerprint density at radius 2 is 2.04 bits per heavy atom. The average molecular weight is 357 g/mol. The third kappa shape index (κ3) is 4.27. The highest BCUT2D eigenvalue weighted by Gasteiger charge is 2.34. The predicted octanol–water partition coefficient (Wildman–Crippen LogP) is 1.93. The second-order valence-corrected chi connectivity index (χ2v) is 6.96. The standard InChI is InChI=1S/C19H27N5O2/c1-14-6-8-16(9-7-14)13-17-18(26-3)5-4-11-23(17)19(25)10-12-24-15(2)20-21-22-24/h6-9,17-18H,4-5,10-13H2,1-3H3/t17-,18-/m0/s1. The fourth-order valence-corrected chi connectivity index (χ4v) is 3.61. The summed E-state index contributed by atoms with van der Waals surface area (Å²) in [6.07, 6.45) is 3.24. The molecule has 1 aromatic carbocycles. The second-order valence-electron chi connectivity index (χ2n) is 6.96. The van der Waals surface area contributed by atoms with Crippen molar-refractivity contribution in [3.63, 3.8) is 0 Å². The topological polar surface area (TPSA) is 73.1 Å². The first-order chi connectivity index (χ1) is 12.6. The van der Waals surface area contributed by atoms with Crippen LogP contribution in [0.2, 0.25) is 0 Å². The summed E-state index contributed by atoms with van der Waals surface area (Å²) in [7, 11) is 1.74. The molecule has 0 spiro atoms. The summed E-state index contributed by atoms with van der Waals surface area (Å²) in [5.41, 5.74) is 2.48. The molecule has 0 aliphatic carbocycles. The molecule has 0 unspecified atom stereocenters. The second kappa shape index (κ2) is 8.40. The van der Waals surface area contributed by atoms with E-state index < -0.39 is 0 Å². The molecule has 2 heterocycles. The molecule has 2 atom stereocenters. The molecule has 0 saturated carbocycles. The van der Waals surface area contributed by atoms with Crippen molar-refractivity contribution in [2.75, 3.05) is 13.7 Å². The lowest BCUT2D eigenvalue weighted by Gasteiger charge is -2.41. The van der Waals surface area contributed by atoms with Gasteiger partial charge in [-0.25, -0.2) is 4.68 Å². The summed E-state index contributed by atoms with van der Waals surface area (Å²) in [5, 5.41) is 11.4. The van der Waals surface area contributed by atoms with E-state index in [0.717, 1.165) is 31.6 Å². The number of tetrazole rings is 1. The summed E-state index contributed by atoms with van der Waals surface area (Å²) < 4.78 is 7.39. The molecule has 1 fully saturated rings. The summed E-state index contributed by atoms with van der Waals surface area (Å²) in [6.45, 7) is 5.21. The maximum Gasteiger partial charge on any atom is 0.224 e. The van der Waals surface area contributed by atoms with Gasteiger partial charge in [-0.1, -0.05) is 29.8 Å². The minimum Gasteiger partial charge on any atom is -0.379 e. The number of amides is 1. The number of aromatic nitrogens is 4. The number of hydrogen-bond donors (Lipinski definition) is 0. The van der Waals surface area contributed by atoms with Gasteiger partial charge in [0.2, 0.25) is 5.91 Å².